The van der Waals surface area contributed by atoms with Crippen molar-refractivity contribution in [2.45, 2.75) is 439 Å². The van der Waals surface area contributed by atoms with Crippen LogP contribution in [0.3, 0.4) is 0 Å². The van der Waals surface area contributed by atoms with Gasteiger partial charge < -0.3 is 81.7 Å². The number of hydrogen-bond donors (Lipinski definition) is 10. The van der Waals surface area contributed by atoms with E-state index in [9.17, 15) is 67.1 Å². The van der Waals surface area contributed by atoms with Gasteiger partial charge >= 0.3 is 23.9 Å². The summed E-state index contributed by atoms with van der Waals surface area (Å²) in [5.74, 6) is -1.32. The highest BCUT2D eigenvalue weighted by atomic mass is 16.5. The fraction of sp³-hybridized carbons (Fsp3) is 0.854. The van der Waals surface area contributed by atoms with Gasteiger partial charge in [-0.25, -0.2) is 19.2 Å². The number of carbonyl (C=O) groups is 14. The summed E-state index contributed by atoms with van der Waals surface area (Å²) >= 11 is 0. The number of esters is 4. The molecule has 6 atom stereocenters. The van der Waals surface area contributed by atoms with Gasteiger partial charge in [0.05, 0.1) is 38.5 Å². The number of carbonyl (C=O) groups excluding carboxylic acids is 14. The number of Topliss-reactive ketones (excluding diaryl/α,β-unsaturated/α-hetero) is 2. The molecule has 0 saturated carbocycles. The molecule has 0 fully saturated rings. The first-order chi connectivity index (χ1) is 59.5. The summed E-state index contributed by atoms with van der Waals surface area (Å²) < 4.78 is 22.3. The van der Waals surface area contributed by atoms with Gasteiger partial charge in [0.15, 0.2) is 0 Å². The fourth-order valence-corrected chi connectivity index (χ4v) is 14.6. The summed E-state index contributed by atoms with van der Waals surface area (Å²) in [7, 11) is 3.52. The second kappa shape index (κ2) is 79.3. The van der Waals surface area contributed by atoms with Crippen LogP contribution in [-0.2, 0) is 86.1 Å². The molecule has 0 bridgehead atoms. The Bertz CT molecular complexity index is 2710. The van der Waals surface area contributed by atoms with Crippen LogP contribution < -0.4 is 53.2 Å². The van der Waals surface area contributed by atoms with Crippen LogP contribution in [0.5, 0.6) is 0 Å². The third kappa shape index (κ3) is 72.0. The molecule has 0 radical (unpaired) electrons. The van der Waals surface area contributed by atoms with E-state index >= 15 is 0 Å². The topological polar surface area (TPSA) is 396 Å². The molecular weight excluding hydrogens is 1580 g/mol. The van der Waals surface area contributed by atoms with Crippen molar-refractivity contribution < 1.29 is 86.1 Å². The van der Waals surface area contributed by atoms with E-state index < -0.39 is 48.0 Å². The van der Waals surface area contributed by atoms with Crippen LogP contribution in [0.1, 0.15) is 403 Å². The van der Waals surface area contributed by atoms with Crippen LogP contribution in [0.4, 0.5) is 0 Å². The molecule has 0 spiro atoms. The van der Waals surface area contributed by atoms with Crippen molar-refractivity contribution in [1.82, 2.24) is 53.2 Å². The van der Waals surface area contributed by atoms with Crippen molar-refractivity contribution in [1.29, 1.82) is 0 Å². The van der Waals surface area contributed by atoms with E-state index in [-0.39, 0.29) is 121 Å². The smallest absolute Gasteiger partial charge is 0.328 e. The molecular formula is C96H176N10O18. The molecule has 28 nitrogen and oxygen atoms in total. The van der Waals surface area contributed by atoms with E-state index in [1.54, 1.807) is 27.9 Å². The minimum atomic E-state index is -0.717. The summed E-state index contributed by atoms with van der Waals surface area (Å²) in [6.45, 7) is 22.2. The van der Waals surface area contributed by atoms with E-state index in [2.05, 4.69) is 53.2 Å². The predicted octanol–water partition coefficient (Wildman–Crippen LogP) is 14.8. The largest absolute Gasteiger partial charge is 0.464 e. The van der Waals surface area contributed by atoms with Crippen molar-refractivity contribution in [3.05, 3.63) is 0 Å². The molecule has 0 aromatic heterocycles. The number of unbranched alkanes of at least 4 members (excludes halogenated alkanes) is 29. The van der Waals surface area contributed by atoms with Crippen LogP contribution in [0.2, 0.25) is 0 Å². The van der Waals surface area contributed by atoms with Gasteiger partial charge in [-0.2, -0.15) is 0 Å². The molecule has 124 heavy (non-hydrogen) atoms. The molecule has 8 amide bonds. The zero-order valence-corrected chi connectivity index (χ0v) is 79.5. The van der Waals surface area contributed by atoms with E-state index in [0.717, 1.165) is 193 Å². The molecule has 0 aromatic rings. The maximum absolute atomic E-state index is 13.1. The predicted molar refractivity (Wildman–Crippen MR) is 490 cm³/mol. The van der Waals surface area contributed by atoms with Crippen LogP contribution >= 0.6 is 0 Å². The number of likely N-dealkylation sites (N-methyl/N-ethyl adjacent to an activating group) is 2. The number of nitrogens with one attached hydrogen (secondary N) is 10. The van der Waals surface area contributed by atoms with Crippen molar-refractivity contribution in [3.63, 3.8) is 0 Å². The van der Waals surface area contributed by atoms with Crippen molar-refractivity contribution in [2.75, 3.05) is 66.7 Å². The second-order valence-electron chi connectivity index (χ2n) is 36.0. The SMILES string of the molecule is CNC(CCCCNC(=O)CCCCCCCCC(=O)NC(CC(C)C)C(=O)OCCCCCCOC(=O)C(CC(C)C)NC(=O)CCCCCCCCC(C)=O)C(=O)NCCCCNC(=O)C(CCCCNC(=O)CCCCCCCCC(=O)NC(CC(C)C)C(=O)OCCCCCCOC(=O)C(CC(C)C)NC(=O)CCCCCCCCC(C)=O)NC. The fourth-order valence-electron chi connectivity index (χ4n) is 14.6. The minimum Gasteiger partial charge on any atom is -0.464 e. The molecule has 28 heteroatoms. The van der Waals surface area contributed by atoms with Gasteiger partial charge in [-0.3, -0.25) is 38.4 Å². The number of ketones is 2. The third-order valence-electron chi connectivity index (χ3n) is 21.9. The lowest BCUT2D eigenvalue weighted by Gasteiger charge is -2.20. The Labute approximate surface area is 748 Å². The number of ether oxygens (including phenoxy) is 4. The first-order valence-electron chi connectivity index (χ1n) is 48.7. The Morgan fingerprint density at radius 3 is 0.629 bits per heavy atom. The number of amides is 8. The van der Waals surface area contributed by atoms with Crippen LogP contribution in [0.15, 0.2) is 0 Å². The highest BCUT2D eigenvalue weighted by molar-refractivity contribution is 5.87. The molecule has 10 N–H and O–H groups in total. The first kappa shape index (κ1) is 117. The quantitative estimate of drug-likeness (QED) is 0.0154. The van der Waals surface area contributed by atoms with E-state index in [1.165, 1.54) is 0 Å². The molecule has 0 aromatic carbocycles. The number of rotatable bonds is 85. The van der Waals surface area contributed by atoms with Gasteiger partial charge in [0, 0.05) is 77.5 Å². The molecule has 0 aliphatic heterocycles. The summed E-state index contributed by atoms with van der Waals surface area (Å²) in [5.41, 5.74) is 0. The maximum Gasteiger partial charge on any atom is 0.328 e. The highest BCUT2D eigenvalue weighted by Crippen LogP contribution is 2.19. The lowest BCUT2D eigenvalue weighted by molar-refractivity contribution is -0.149. The molecule has 718 valence electrons. The molecule has 0 heterocycles. The molecule has 0 aliphatic rings. The van der Waals surface area contributed by atoms with Gasteiger partial charge in [-0.15, -0.1) is 0 Å². The van der Waals surface area contributed by atoms with Gasteiger partial charge in [0.1, 0.15) is 35.7 Å². The lowest BCUT2D eigenvalue weighted by Crippen LogP contribution is -2.44. The van der Waals surface area contributed by atoms with Gasteiger partial charge in [0.25, 0.3) is 0 Å². The zero-order valence-electron chi connectivity index (χ0n) is 79.5. The maximum atomic E-state index is 13.1. The summed E-state index contributed by atoms with van der Waals surface area (Å²) in [4.78, 5) is 176. The summed E-state index contributed by atoms with van der Waals surface area (Å²) in [6.07, 6.45) is 38.4. The molecule has 0 rings (SSSR count). The lowest BCUT2D eigenvalue weighted by atomic mass is 10.0. The summed E-state index contributed by atoms with van der Waals surface area (Å²) in [6, 6.07) is -3.51. The van der Waals surface area contributed by atoms with Crippen molar-refractivity contribution in [3.8, 4) is 0 Å². The first-order valence-corrected chi connectivity index (χ1v) is 48.7. The van der Waals surface area contributed by atoms with Crippen molar-refractivity contribution >= 4 is 82.7 Å². The van der Waals surface area contributed by atoms with Crippen LogP contribution in [0.25, 0.3) is 0 Å². The van der Waals surface area contributed by atoms with Gasteiger partial charge in [-0.05, 0) is 231 Å². The molecule has 6 unspecified atom stereocenters. The Balaban J connectivity index is 4.17. The highest BCUT2D eigenvalue weighted by Gasteiger charge is 2.28. The monoisotopic (exact) mass is 1760 g/mol. The Hall–Kier alpha value is -7.10. The van der Waals surface area contributed by atoms with Gasteiger partial charge in [-0.1, -0.05) is 158 Å². The number of hydrogen-bond acceptors (Lipinski definition) is 20. The zero-order chi connectivity index (χ0) is 92.2. The van der Waals surface area contributed by atoms with Crippen LogP contribution in [-0.4, -0.2) is 186 Å². The van der Waals surface area contributed by atoms with E-state index in [1.807, 2.05) is 55.4 Å². The van der Waals surface area contributed by atoms with Crippen molar-refractivity contribution in [2.24, 2.45) is 23.7 Å². The minimum absolute atomic E-state index is 0.0111. The normalized spacial score (nSPS) is 12.8. The van der Waals surface area contributed by atoms with Crippen LogP contribution in [0, 0.1) is 23.7 Å². The Morgan fingerprint density at radius 2 is 0.411 bits per heavy atom. The van der Waals surface area contributed by atoms with Gasteiger partial charge in [0.2, 0.25) is 47.3 Å². The molecule has 0 saturated heterocycles. The van der Waals surface area contributed by atoms with E-state index in [0.29, 0.717) is 167 Å². The Kier molecular flexibility index (Phi) is 74.8. The average molecular weight is 1760 g/mol. The average Bonchev–Trinajstić information content (AvgIpc) is 0.930. The molecule has 0 aliphatic carbocycles. The summed E-state index contributed by atoms with van der Waals surface area (Å²) in [5, 5.41) is 29.8. The second-order valence-corrected chi connectivity index (χ2v) is 36.0. The standard InChI is InChI=1S/C96H176N10O18/c1-73(2)69-81(103-87(111)57-37-25-15-13-21-33-51-77(9)107)93(117)121-65-47-29-31-49-67-123-95(119)83(71-75(5)6)105-89(113)59-39-27-19-17-23-35-55-85(109)99-61-43-41-53-79(97-11)91(115)101-63-45-46-64-102-92(116)80(98-12)54-42-44-62-100-86(110)56-36-24-18-20-28-40-60-90(114)106-84(72-76(7)8)96(120)124-68-50-32-30-48-66-122-94(118)82(70-74(3)4)104-88(112)58-38-26-16-14-22-34-52-78(10)108/h73-76,79-84,97-98H,13-72H2,1-12H3,(H,99,109)(H,100,110)(H,101,115)(H,102,116)(H,103,111)(H,104,112)(H,105,113)(H,106,114). The Morgan fingerprint density at radius 1 is 0.218 bits per heavy atom. The third-order valence-corrected chi connectivity index (χ3v) is 21.9. The van der Waals surface area contributed by atoms with E-state index in [4.69, 9.17) is 18.9 Å².